The maximum Gasteiger partial charge on any atom is 0.258 e. The first kappa shape index (κ1) is 20.0. The second kappa shape index (κ2) is 11.4. The maximum absolute atomic E-state index is 11.6. The molecule has 1 aliphatic carbocycles. The van der Waals surface area contributed by atoms with Crippen molar-refractivity contribution in [2.45, 2.75) is 32.2 Å². The number of nitrogens with zero attached hydrogens (tertiary/aromatic N) is 1. The van der Waals surface area contributed by atoms with Crippen LogP contribution in [-0.2, 0) is 16.0 Å². The average molecular weight is 362 g/mol. The van der Waals surface area contributed by atoms with E-state index in [0.717, 1.165) is 38.3 Å². The zero-order valence-corrected chi connectivity index (χ0v) is 15.7. The lowest BCUT2D eigenvalue weighted by molar-refractivity contribution is -0.123. The lowest BCUT2D eigenvalue weighted by Crippen LogP contribution is -2.38. The highest BCUT2D eigenvalue weighted by Crippen LogP contribution is 2.18. The molecule has 26 heavy (non-hydrogen) atoms. The Morgan fingerprint density at radius 1 is 1.23 bits per heavy atom. The number of amides is 1. The highest BCUT2D eigenvalue weighted by atomic mass is 16.5. The van der Waals surface area contributed by atoms with E-state index in [2.05, 4.69) is 20.9 Å². The van der Waals surface area contributed by atoms with Crippen LogP contribution in [0.4, 0.5) is 0 Å². The summed E-state index contributed by atoms with van der Waals surface area (Å²) >= 11 is 0. The first-order valence-corrected chi connectivity index (χ1v) is 9.23. The molecule has 0 unspecified atom stereocenters. The van der Waals surface area contributed by atoms with E-state index in [-0.39, 0.29) is 12.5 Å². The van der Waals surface area contributed by atoms with E-state index in [9.17, 15) is 4.79 Å². The van der Waals surface area contributed by atoms with Crippen LogP contribution >= 0.6 is 0 Å². The molecule has 2 rings (SSSR count). The molecule has 0 aliphatic heterocycles. The predicted molar refractivity (Wildman–Crippen MR) is 103 cm³/mol. The Kier molecular flexibility index (Phi) is 8.75. The standard InChI is InChI=1S/C19H30N4O3/c1-3-20-19(22-12-13-25-2)21-11-10-15-4-8-17(9-5-15)26-14-18(24)23-16-6-7-16/h4-5,8-9,16H,3,6-7,10-14H2,1-2H3,(H,23,24)(H2,20,21,22). The molecular formula is C19H30N4O3. The summed E-state index contributed by atoms with van der Waals surface area (Å²) in [7, 11) is 1.67. The first-order chi connectivity index (χ1) is 12.7. The Balaban J connectivity index is 1.68. The van der Waals surface area contributed by atoms with Crippen molar-refractivity contribution in [2.75, 3.05) is 40.0 Å². The maximum atomic E-state index is 11.6. The number of aliphatic imine (C=N–C) groups is 1. The Hall–Kier alpha value is -2.28. The number of carbonyl (C=O) groups is 1. The number of nitrogens with one attached hydrogen (secondary N) is 3. The molecule has 0 spiro atoms. The molecule has 1 fully saturated rings. The number of carbonyl (C=O) groups excluding carboxylic acids is 1. The van der Waals surface area contributed by atoms with Crippen LogP contribution in [0.3, 0.4) is 0 Å². The fourth-order valence-corrected chi connectivity index (χ4v) is 2.31. The quantitative estimate of drug-likeness (QED) is 0.312. The SMILES string of the molecule is CCNC(=NCCOC)NCCc1ccc(OCC(=O)NC2CC2)cc1. The van der Waals surface area contributed by atoms with Gasteiger partial charge < -0.3 is 25.4 Å². The van der Waals surface area contributed by atoms with Gasteiger partial charge in [0.25, 0.3) is 5.91 Å². The molecule has 7 nitrogen and oxygen atoms in total. The van der Waals surface area contributed by atoms with Crippen LogP contribution in [0.5, 0.6) is 5.75 Å². The molecule has 144 valence electrons. The van der Waals surface area contributed by atoms with Crippen molar-refractivity contribution >= 4 is 11.9 Å². The van der Waals surface area contributed by atoms with Crippen molar-refractivity contribution in [3.8, 4) is 5.75 Å². The normalized spacial score (nSPS) is 14.0. The van der Waals surface area contributed by atoms with E-state index in [1.54, 1.807) is 7.11 Å². The molecule has 1 aromatic rings. The molecule has 7 heteroatoms. The van der Waals surface area contributed by atoms with Crippen LogP contribution in [0, 0.1) is 0 Å². The van der Waals surface area contributed by atoms with Gasteiger partial charge in [0, 0.05) is 26.2 Å². The molecule has 3 N–H and O–H groups in total. The van der Waals surface area contributed by atoms with Crippen LogP contribution in [0.1, 0.15) is 25.3 Å². The van der Waals surface area contributed by atoms with Gasteiger partial charge in [-0.1, -0.05) is 12.1 Å². The first-order valence-electron chi connectivity index (χ1n) is 9.23. The fourth-order valence-electron chi connectivity index (χ4n) is 2.31. The molecule has 1 aliphatic rings. The molecule has 1 aromatic carbocycles. The Morgan fingerprint density at radius 3 is 2.65 bits per heavy atom. The number of methoxy groups -OCH3 is 1. The molecule has 0 aromatic heterocycles. The van der Waals surface area contributed by atoms with Crippen molar-refractivity contribution in [1.29, 1.82) is 0 Å². The summed E-state index contributed by atoms with van der Waals surface area (Å²) in [6, 6.07) is 8.20. The van der Waals surface area contributed by atoms with Gasteiger partial charge >= 0.3 is 0 Å². The molecule has 0 radical (unpaired) electrons. The summed E-state index contributed by atoms with van der Waals surface area (Å²) in [5, 5.41) is 9.42. The van der Waals surface area contributed by atoms with Crippen LogP contribution in [0.15, 0.2) is 29.3 Å². The molecule has 0 atom stereocenters. The fraction of sp³-hybridized carbons (Fsp3) is 0.579. The number of ether oxygens (including phenoxy) is 2. The summed E-state index contributed by atoms with van der Waals surface area (Å²) in [5.41, 5.74) is 1.19. The minimum Gasteiger partial charge on any atom is -0.484 e. The third kappa shape index (κ3) is 8.20. The lowest BCUT2D eigenvalue weighted by atomic mass is 10.1. The van der Waals surface area contributed by atoms with Crippen molar-refractivity contribution < 1.29 is 14.3 Å². The van der Waals surface area contributed by atoms with Gasteiger partial charge in [0.15, 0.2) is 12.6 Å². The molecule has 0 saturated heterocycles. The molecule has 1 amide bonds. The highest BCUT2D eigenvalue weighted by molar-refractivity contribution is 5.79. The second-order valence-electron chi connectivity index (χ2n) is 6.20. The largest absolute Gasteiger partial charge is 0.484 e. The van der Waals surface area contributed by atoms with Gasteiger partial charge in [0.2, 0.25) is 0 Å². The minimum atomic E-state index is -0.0514. The monoisotopic (exact) mass is 362 g/mol. The van der Waals surface area contributed by atoms with Crippen LogP contribution < -0.4 is 20.7 Å². The second-order valence-corrected chi connectivity index (χ2v) is 6.20. The van der Waals surface area contributed by atoms with Gasteiger partial charge in [0.1, 0.15) is 5.75 Å². The van der Waals surface area contributed by atoms with Gasteiger partial charge in [-0.05, 0) is 43.9 Å². The zero-order valence-electron chi connectivity index (χ0n) is 15.7. The zero-order chi connectivity index (χ0) is 18.6. The summed E-state index contributed by atoms with van der Waals surface area (Å²) in [6.45, 7) is 4.95. The van der Waals surface area contributed by atoms with Crippen LogP contribution in [-0.4, -0.2) is 57.9 Å². The Labute approximate surface area is 155 Å². The highest BCUT2D eigenvalue weighted by Gasteiger charge is 2.23. The predicted octanol–water partition coefficient (Wildman–Crippen LogP) is 1.09. The van der Waals surface area contributed by atoms with E-state index >= 15 is 0 Å². The minimum absolute atomic E-state index is 0.0514. The molecule has 1 saturated carbocycles. The Bertz CT molecular complexity index is 571. The van der Waals surface area contributed by atoms with Crippen LogP contribution in [0.2, 0.25) is 0 Å². The molecule has 0 heterocycles. The van der Waals surface area contributed by atoms with Gasteiger partial charge in [-0.15, -0.1) is 0 Å². The topological polar surface area (TPSA) is 84.0 Å². The van der Waals surface area contributed by atoms with E-state index < -0.39 is 0 Å². The van der Waals surface area contributed by atoms with Crippen LogP contribution in [0.25, 0.3) is 0 Å². The number of hydrogen-bond donors (Lipinski definition) is 3. The Morgan fingerprint density at radius 2 is 2.00 bits per heavy atom. The third-order valence-electron chi connectivity index (χ3n) is 3.85. The average Bonchev–Trinajstić information content (AvgIpc) is 3.45. The van der Waals surface area contributed by atoms with Gasteiger partial charge in [-0.3, -0.25) is 9.79 Å². The summed E-state index contributed by atoms with van der Waals surface area (Å²) in [4.78, 5) is 16.0. The summed E-state index contributed by atoms with van der Waals surface area (Å²) < 4.78 is 10.5. The van der Waals surface area contributed by atoms with Crippen molar-refractivity contribution in [1.82, 2.24) is 16.0 Å². The van der Waals surface area contributed by atoms with Gasteiger partial charge in [-0.25, -0.2) is 0 Å². The van der Waals surface area contributed by atoms with Crippen molar-refractivity contribution in [3.63, 3.8) is 0 Å². The van der Waals surface area contributed by atoms with Gasteiger partial charge in [0.05, 0.1) is 13.2 Å². The van der Waals surface area contributed by atoms with Crippen molar-refractivity contribution in [3.05, 3.63) is 29.8 Å². The van der Waals surface area contributed by atoms with Gasteiger partial charge in [-0.2, -0.15) is 0 Å². The third-order valence-corrected chi connectivity index (χ3v) is 3.85. The van der Waals surface area contributed by atoms with Crippen molar-refractivity contribution in [2.24, 2.45) is 4.99 Å². The number of hydrogen-bond acceptors (Lipinski definition) is 4. The smallest absolute Gasteiger partial charge is 0.258 e. The molecule has 0 bridgehead atoms. The molecular weight excluding hydrogens is 332 g/mol. The number of benzene rings is 1. The lowest BCUT2D eigenvalue weighted by Gasteiger charge is -2.11. The number of rotatable bonds is 11. The summed E-state index contributed by atoms with van der Waals surface area (Å²) in [6.07, 6.45) is 3.04. The summed E-state index contributed by atoms with van der Waals surface area (Å²) in [5.74, 6) is 1.46. The van der Waals surface area contributed by atoms with E-state index in [0.29, 0.717) is 24.9 Å². The van der Waals surface area contributed by atoms with E-state index in [1.807, 2.05) is 31.2 Å². The number of guanidine groups is 1. The van der Waals surface area contributed by atoms with E-state index in [4.69, 9.17) is 9.47 Å². The van der Waals surface area contributed by atoms with E-state index in [1.165, 1.54) is 5.56 Å².